The third-order valence-electron chi connectivity index (χ3n) is 2.28. The van der Waals surface area contributed by atoms with Crippen molar-refractivity contribution in [1.29, 1.82) is 0 Å². The summed E-state index contributed by atoms with van der Waals surface area (Å²) in [5.41, 5.74) is 6.13. The maximum Gasteiger partial charge on any atom is 0.225 e. The fraction of sp³-hybridized carbons (Fsp3) is 0.636. The van der Waals surface area contributed by atoms with Crippen molar-refractivity contribution in [1.82, 2.24) is 9.97 Å². The van der Waals surface area contributed by atoms with Gasteiger partial charge in [-0.15, -0.1) is 0 Å². The fourth-order valence-corrected chi connectivity index (χ4v) is 1.41. The Balaban J connectivity index is 2.57. The van der Waals surface area contributed by atoms with E-state index in [2.05, 4.69) is 14.9 Å². The summed E-state index contributed by atoms with van der Waals surface area (Å²) in [5, 5.41) is 0. The number of hydrogen-bond donors (Lipinski definition) is 1. The third-order valence-corrected chi connectivity index (χ3v) is 2.28. The zero-order chi connectivity index (χ0) is 12.5. The summed E-state index contributed by atoms with van der Waals surface area (Å²) in [7, 11) is 3.37. The lowest BCUT2D eigenvalue weighted by Gasteiger charge is -2.21. The van der Waals surface area contributed by atoms with Gasteiger partial charge in [-0.2, -0.15) is 0 Å². The molecule has 1 aromatic rings. The van der Waals surface area contributed by atoms with Crippen molar-refractivity contribution < 1.29 is 9.47 Å². The van der Waals surface area contributed by atoms with Gasteiger partial charge < -0.3 is 20.1 Å². The van der Waals surface area contributed by atoms with E-state index in [-0.39, 0.29) is 0 Å². The molecule has 6 heteroatoms. The number of ether oxygens (including phenoxy) is 2. The van der Waals surface area contributed by atoms with Crippen LogP contribution in [0.1, 0.15) is 6.42 Å². The van der Waals surface area contributed by atoms with E-state index in [4.69, 9.17) is 15.2 Å². The SMILES string of the molecule is COCCCN(CCOC)c1ncc(N)cn1. The van der Waals surface area contributed by atoms with Gasteiger partial charge in [0.05, 0.1) is 24.7 Å². The number of hydrogen-bond acceptors (Lipinski definition) is 6. The molecule has 1 rings (SSSR count). The number of nitrogen functional groups attached to an aromatic ring is 1. The Morgan fingerprint density at radius 1 is 1.12 bits per heavy atom. The van der Waals surface area contributed by atoms with E-state index in [1.165, 1.54) is 0 Å². The van der Waals surface area contributed by atoms with Crippen molar-refractivity contribution >= 4 is 11.6 Å². The number of rotatable bonds is 8. The fourth-order valence-electron chi connectivity index (χ4n) is 1.41. The number of nitrogens with two attached hydrogens (primary N) is 1. The summed E-state index contributed by atoms with van der Waals surface area (Å²) in [6, 6.07) is 0. The van der Waals surface area contributed by atoms with Crippen LogP contribution in [0.5, 0.6) is 0 Å². The Morgan fingerprint density at radius 3 is 2.35 bits per heavy atom. The second-order valence-corrected chi connectivity index (χ2v) is 3.64. The summed E-state index contributed by atoms with van der Waals surface area (Å²) >= 11 is 0. The summed E-state index contributed by atoms with van der Waals surface area (Å²) in [4.78, 5) is 10.5. The molecule has 0 fully saturated rings. The normalized spacial score (nSPS) is 10.5. The Morgan fingerprint density at radius 2 is 1.76 bits per heavy atom. The minimum Gasteiger partial charge on any atom is -0.396 e. The average Bonchev–Trinajstić information content (AvgIpc) is 2.35. The number of nitrogens with zero attached hydrogens (tertiary/aromatic N) is 3. The van der Waals surface area contributed by atoms with E-state index >= 15 is 0 Å². The molecule has 0 unspecified atom stereocenters. The molecule has 0 aliphatic heterocycles. The highest BCUT2D eigenvalue weighted by atomic mass is 16.5. The Labute approximate surface area is 102 Å². The molecule has 17 heavy (non-hydrogen) atoms. The molecule has 2 N–H and O–H groups in total. The molecule has 1 aromatic heterocycles. The van der Waals surface area contributed by atoms with Gasteiger partial charge >= 0.3 is 0 Å². The van der Waals surface area contributed by atoms with E-state index in [0.717, 1.165) is 26.1 Å². The number of methoxy groups -OCH3 is 2. The summed E-state index contributed by atoms with van der Waals surface area (Å²) in [6.07, 6.45) is 4.14. The van der Waals surface area contributed by atoms with Crippen molar-refractivity contribution in [2.75, 3.05) is 51.2 Å². The molecule has 0 aliphatic carbocycles. The van der Waals surface area contributed by atoms with Crippen LogP contribution in [0.4, 0.5) is 11.6 Å². The molecule has 0 saturated heterocycles. The Kier molecular flexibility index (Phi) is 6.27. The smallest absolute Gasteiger partial charge is 0.225 e. The molecule has 0 aromatic carbocycles. The lowest BCUT2D eigenvalue weighted by atomic mass is 10.4. The van der Waals surface area contributed by atoms with E-state index < -0.39 is 0 Å². The van der Waals surface area contributed by atoms with Crippen molar-refractivity contribution in [2.24, 2.45) is 0 Å². The van der Waals surface area contributed by atoms with E-state index in [1.807, 2.05) is 0 Å². The third kappa shape index (κ3) is 4.97. The maximum absolute atomic E-state index is 5.56. The van der Waals surface area contributed by atoms with Gasteiger partial charge in [0.2, 0.25) is 5.95 Å². The zero-order valence-electron chi connectivity index (χ0n) is 10.4. The first-order valence-electron chi connectivity index (χ1n) is 5.58. The predicted octanol–water partition coefficient (Wildman–Crippen LogP) is 0.548. The average molecular weight is 240 g/mol. The van der Waals surface area contributed by atoms with Crippen LogP contribution >= 0.6 is 0 Å². The van der Waals surface area contributed by atoms with E-state index in [1.54, 1.807) is 26.6 Å². The molecular formula is C11H20N4O2. The van der Waals surface area contributed by atoms with Gasteiger partial charge in [0.25, 0.3) is 0 Å². The minimum atomic E-state index is 0.567. The van der Waals surface area contributed by atoms with Crippen LogP contribution in [0.15, 0.2) is 12.4 Å². The molecule has 1 heterocycles. The lowest BCUT2D eigenvalue weighted by molar-refractivity contribution is 0.190. The standard InChI is InChI=1S/C11H20N4O2/c1-16-6-3-4-15(5-7-17-2)11-13-8-10(12)9-14-11/h8-9H,3-7,12H2,1-2H3. The molecule has 6 nitrogen and oxygen atoms in total. The minimum absolute atomic E-state index is 0.567. The highest BCUT2D eigenvalue weighted by Crippen LogP contribution is 2.08. The summed E-state index contributed by atoms with van der Waals surface area (Å²) < 4.78 is 10.1. The second-order valence-electron chi connectivity index (χ2n) is 3.64. The molecule has 0 saturated carbocycles. The topological polar surface area (TPSA) is 73.5 Å². The largest absolute Gasteiger partial charge is 0.396 e. The first-order valence-corrected chi connectivity index (χ1v) is 5.58. The van der Waals surface area contributed by atoms with Gasteiger partial charge in [-0.3, -0.25) is 0 Å². The molecule has 0 atom stereocenters. The van der Waals surface area contributed by atoms with Crippen LogP contribution < -0.4 is 10.6 Å². The van der Waals surface area contributed by atoms with Crippen LogP contribution in [0.3, 0.4) is 0 Å². The monoisotopic (exact) mass is 240 g/mol. The number of aromatic nitrogens is 2. The molecule has 0 aliphatic rings. The van der Waals surface area contributed by atoms with Crippen LogP contribution in [-0.4, -0.2) is 50.5 Å². The zero-order valence-corrected chi connectivity index (χ0v) is 10.4. The molecule has 0 bridgehead atoms. The maximum atomic E-state index is 5.56. The molecule has 0 radical (unpaired) electrons. The van der Waals surface area contributed by atoms with E-state index in [0.29, 0.717) is 18.2 Å². The van der Waals surface area contributed by atoms with Gasteiger partial charge in [0.15, 0.2) is 0 Å². The van der Waals surface area contributed by atoms with Gasteiger partial charge in [-0.25, -0.2) is 9.97 Å². The molecule has 0 spiro atoms. The summed E-state index contributed by atoms with van der Waals surface area (Å²) in [6.45, 7) is 2.95. The Bertz CT molecular complexity index is 305. The van der Waals surface area contributed by atoms with Gasteiger partial charge in [0.1, 0.15) is 0 Å². The van der Waals surface area contributed by atoms with Crippen molar-refractivity contribution in [3.8, 4) is 0 Å². The van der Waals surface area contributed by atoms with E-state index in [9.17, 15) is 0 Å². The second kappa shape index (κ2) is 7.81. The van der Waals surface area contributed by atoms with Crippen LogP contribution in [0.2, 0.25) is 0 Å². The first kappa shape index (κ1) is 13.7. The van der Waals surface area contributed by atoms with Crippen molar-refractivity contribution in [2.45, 2.75) is 6.42 Å². The van der Waals surface area contributed by atoms with Crippen molar-refractivity contribution in [3.63, 3.8) is 0 Å². The summed E-state index contributed by atoms with van der Waals surface area (Å²) in [5.74, 6) is 0.673. The van der Waals surface area contributed by atoms with Crippen LogP contribution in [0, 0.1) is 0 Å². The molecule has 96 valence electrons. The lowest BCUT2D eigenvalue weighted by Crippen LogP contribution is -2.30. The molecular weight excluding hydrogens is 220 g/mol. The number of anilines is 2. The highest BCUT2D eigenvalue weighted by molar-refractivity contribution is 5.37. The first-order chi connectivity index (χ1) is 8.27. The van der Waals surface area contributed by atoms with Crippen LogP contribution in [-0.2, 0) is 9.47 Å². The highest BCUT2D eigenvalue weighted by Gasteiger charge is 2.08. The van der Waals surface area contributed by atoms with Gasteiger partial charge in [0, 0.05) is 33.9 Å². The predicted molar refractivity (Wildman–Crippen MR) is 67.0 cm³/mol. The quantitative estimate of drug-likeness (QED) is 0.669. The van der Waals surface area contributed by atoms with Crippen molar-refractivity contribution in [3.05, 3.63) is 12.4 Å². The Hall–Kier alpha value is -1.40. The van der Waals surface area contributed by atoms with Gasteiger partial charge in [-0.1, -0.05) is 0 Å². The van der Waals surface area contributed by atoms with Gasteiger partial charge in [-0.05, 0) is 6.42 Å². The molecule has 0 amide bonds. The van der Waals surface area contributed by atoms with Crippen LogP contribution in [0.25, 0.3) is 0 Å².